The van der Waals surface area contributed by atoms with Crippen LogP contribution in [-0.2, 0) is 5.41 Å². The van der Waals surface area contributed by atoms with Crippen molar-refractivity contribution in [3.63, 3.8) is 0 Å². The van der Waals surface area contributed by atoms with Crippen LogP contribution >= 0.6 is 15.9 Å². The molecular weight excluding hydrogens is 480 g/mol. The minimum atomic E-state index is -0.00604. The van der Waals surface area contributed by atoms with Gasteiger partial charge in [0, 0.05) is 26.6 Å². The minimum Gasteiger partial charge on any atom is -0.228 e. The lowest BCUT2D eigenvalue weighted by Gasteiger charge is -2.21. The molecule has 1 aromatic heterocycles. The zero-order valence-corrected chi connectivity index (χ0v) is 20.7. The van der Waals surface area contributed by atoms with Crippen molar-refractivity contribution in [2.24, 2.45) is 0 Å². The van der Waals surface area contributed by atoms with Crippen LogP contribution in [0.15, 0.2) is 108 Å². The van der Waals surface area contributed by atoms with Crippen molar-refractivity contribution in [2.45, 2.75) is 19.3 Å². The van der Waals surface area contributed by atoms with Crippen molar-refractivity contribution in [1.82, 2.24) is 9.97 Å². The van der Waals surface area contributed by atoms with Gasteiger partial charge in [-0.3, -0.25) is 0 Å². The van der Waals surface area contributed by atoms with Crippen molar-refractivity contribution in [3.05, 3.63) is 119 Å². The fourth-order valence-electron chi connectivity index (χ4n) is 4.96. The Labute approximate surface area is 208 Å². The summed E-state index contributed by atoms with van der Waals surface area (Å²) in [6.07, 6.45) is 0. The first kappa shape index (κ1) is 21.0. The number of fused-ring (bicyclic) bond motifs is 3. The summed E-state index contributed by atoms with van der Waals surface area (Å²) in [6, 6.07) is 36.1. The van der Waals surface area contributed by atoms with E-state index in [9.17, 15) is 0 Å². The normalized spacial score (nSPS) is 13.4. The summed E-state index contributed by atoms with van der Waals surface area (Å²) < 4.78 is 1.04. The second-order valence-electron chi connectivity index (χ2n) is 9.27. The Morgan fingerprint density at radius 1 is 0.559 bits per heavy atom. The van der Waals surface area contributed by atoms with Gasteiger partial charge in [0.2, 0.25) is 0 Å². The Bertz CT molecular complexity index is 1520. The van der Waals surface area contributed by atoms with Gasteiger partial charge in [0.05, 0.1) is 11.4 Å². The molecule has 3 heteroatoms. The van der Waals surface area contributed by atoms with Gasteiger partial charge < -0.3 is 0 Å². The molecule has 2 nitrogen and oxygen atoms in total. The molecule has 4 aromatic carbocycles. The summed E-state index contributed by atoms with van der Waals surface area (Å²) in [5.41, 5.74) is 10.4. The predicted molar refractivity (Wildman–Crippen MR) is 144 cm³/mol. The molecular formula is C31H23BrN2. The Morgan fingerprint density at radius 2 is 1.18 bits per heavy atom. The van der Waals surface area contributed by atoms with E-state index >= 15 is 0 Å². The van der Waals surface area contributed by atoms with Crippen LogP contribution in [0.2, 0.25) is 0 Å². The molecule has 0 unspecified atom stereocenters. The second-order valence-corrected chi connectivity index (χ2v) is 10.2. The fraction of sp³-hybridized carbons (Fsp3) is 0.0968. The average molecular weight is 503 g/mol. The Hall–Kier alpha value is -3.56. The van der Waals surface area contributed by atoms with E-state index in [4.69, 9.17) is 9.97 Å². The molecule has 0 spiro atoms. The highest BCUT2D eigenvalue weighted by Crippen LogP contribution is 2.49. The van der Waals surface area contributed by atoms with Crippen molar-refractivity contribution < 1.29 is 0 Å². The maximum Gasteiger partial charge on any atom is 0.160 e. The van der Waals surface area contributed by atoms with Crippen molar-refractivity contribution in [1.29, 1.82) is 0 Å². The molecule has 0 saturated heterocycles. The van der Waals surface area contributed by atoms with Crippen molar-refractivity contribution in [3.8, 4) is 45.0 Å². The van der Waals surface area contributed by atoms with E-state index in [0.29, 0.717) is 0 Å². The number of benzene rings is 4. The maximum absolute atomic E-state index is 5.02. The van der Waals surface area contributed by atoms with E-state index in [1.807, 2.05) is 30.3 Å². The van der Waals surface area contributed by atoms with Crippen LogP contribution in [-0.4, -0.2) is 9.97 Å². The SMILES string of the molecule is CC1(C)c2ccccc2-c2cc(-c3cc(-c4ccccc4)nc(-c4ccc(Br)cc4)n3)ccc21. The molecule has 0 aliphatic heterocycles. The van der Waals surface area contributed by atoms with Gasteiger partial charge in [0.1, 0.15) is 0 Å². The van der Waals surface area contributed by atoms with Gasteiger partial charge in [0.15, 0.2) is 5.82 Å². The Morgan fingerprint density at radius 3 is 1.94 bits per heavy atom. The van der Waals surface area contributed by atoms with Crippen LogP contribution < -0.4 is 0 Å². The van der Waals surface area contributed by atoms with Gasteiger partial charge in [-0.1, -0.05) is 109 Å². The van der Waals surface area contributed by atoms with E-state index in [1.165, 1.54) is 22.3 Å². The summed E-state index contributed by atoms with van der Waals surface area (Å²) in [4.78, 5) is 9.95. The number of rotatable bonds is 3. The molecule has 0 saturated carbocycles. The minimum absolute atomic E-state index is 0.00604. The van der Waals surface area contributed by atoms with Gasteiger partial charge in [-0.15, -0.1) is 0 Å². The first-order chi connectivity index (χ1) is 16.5. The lowest BCUT2D eigenvalue weighted by Crippen LogP contribution is -2.14. The van der Waals surface area contributed by atoms with Gasteiger partial charge >= 0.3 is 0 Å². The number of halogens is 1. The summed E-state index contributed by atoms with van der Waals surface area (Å²) in [5.74, 6) is 0.727. The van der Waals surface area contributed by atoms with Crippen LogP contribution in [0.4, 0.5) is 0 Å². The third-order valence-electron chi connectivity index (χ3n) is 6.78. The summed E-state index contributed by atoms with van der Waals surface area (Å²) >= 11 is 3.53. The highest BCUT2D eigenvalue weighted by atomic mass is 79.9. The van der Waals surface area contributed by atoms with Gasteiger partial charge in [-0.25, -0.2) is 9.97 Å². The second kappa shape index (κ2) is 8.03. The number of nitrogens with zero attached hydrogens (tertiary/aromatic N) is 2. The lowest BCUT2D eigenvalue weighted by atomic mass is 9.82. The quantitative estimate of drug-likeness (QED) is 0.247. The van der Waals surface area contributed by atoms with Gasteiger partial charge in [-0.2, -0.15) is 0 Å². The van der Waals surface area contributed by atoms with E-state index in [1.54, 1.807) is 0 Å². The zero-order valence-electron chi connectivity index (χ0n) is 19.1. The monoisotopic (exact) mass is 502 g/mol. The molecule has 1 aliphatic rings. The summed E-state index contributed by atoms with van der Waals surface area (Å²) in [7, 11) is 0. The first-order valence-corrected chi connectivity index (χ1v) is 12.3. The first-order valence-electron chi connectivity index (χ1n) is 11.5. The Balaban J connectivity index is 1.55. The smallest absolute Gasteiger partial charge is 0.160 e. The van der Waals surface area contributed by atoms with E-state index < -0.39 is 0 Å². The molecule has 34 heavy (non-hydrogen) atoms. The topological polar surface area (TPSA) is 25.8 Å². The van der Waals surface area contributed by atoms with Crippen molar-refractivity contribution in [2.75, 3.05) is 0 Å². The molecule has 0 fully saturated rings. The number of hydrogen-bond donors (Lipinski definition) is 0. The standard InChI is InChI=1S/C31H23BrN2/c1-31(2)26-11-7-6-10-24(26)25-18-22(14-17-27(25)31)29-19-28(20-8-4-3-5-9-20)33-30(34-29)21-12-15-23(32)16-13-21/h3-19H,1-2H3. The third-order valence-corrected chi connectivity index (χ3v) is 7.31. The van der Waals surface area contributed by atoms with Gasteiger partial charge in [-0.05, 0) is 46.5 Å². The van der Waals surface area contributed by atoms with Crippen LogP contribution in [0.5, 0.6) is 0 Å². The predicted octanol–water partition coefficient (Wildman–Crippen LogP) is 8.55. The zero-order chi connectivity index (χ0) is 23.3. The molecule has 1 aliphatic carbocycles. The maximum atomic E-state index is 5.02. The van der Waals surface area contributed by atoms with Crippen LogP contribution in [0.25, 0.3) is 45.0 Å². The largest absolute Gasteiger partial charge is 0.228 e. The van der Waals surface area contributed by atoms with E-state index in [2.05, 4.69) is 103 Å². The molecule has 0 amide bonds. The Kier molecular flexibility index (Phi) is 4.96. The third kappa shape index (κ3) is 3.48. The molecule has 0 atom stereocenters. The van der Waals surface area contributed by atoms with E-state index in [0.717, 1.165) is 38.4 Å². The molecule has 164 valence electrons. The van der Waals surface area contributed by atoms with Crippen LogP contribution in [0, 0.1) is 0 Å². The molecule has 0 N–H and O–H groups in total. The average Bonchev–Trinajstić information content (AvgIpc) is 3.11. The molecule has 0 bridgehead atoms. The number of aromatic nitrogens is 2. The molecule has 1 heterocycles. The van der Waals surface area contributed by atoms with E-state index in [-0.39, 0.29) is 5.41 Å². The highest BCUT2D eigenvalue weighted by molar-refractivity contribution is 9.10. The molecule has 6 rings (SSSR count). The summed E-state index contributed by atoms with van der Waals surface area (Å²) in [5, 5.41) is 0. The van der Waals surface area contributed by atoms with Gasteiger partial charge in [0.25, 0.3) is 0 Å². The van der Waals surface area contributed by atoms with Crippen molar-refractivity contribution >= 4 is 15.9 Å². The molecule has 5 aromatic rings. The number of hydrogen-bond acceptors (Lipinski definition) is 2. The molecule has 0 radical (unpaired) electrons. The highest BCUT2D eigenvalue weighted by Gasteiger charge is 2.35. The van der Waals surface area contributed by atoms with Crippen LogP contribution in [0.3, 0.4) is 0 Å². The fourth-order valence-corrected chi connectivity index (χ4v) is 5.22. The summed E-state index contributed by atoms with van der Waals surface area (Å²) in [6.45, 7) is 4.61. The van der Waals surface area contributed by atoms with Crippen LogP contribution in [0.1, 0.15) is 25.0 Å². The lowest BCUT2D eigenvalue weighted by molar-refractivity contribution is 0.660.